The standard InChI is InChI=1S/C14H25N3O/c1-5-17-8-6-12(15-17)10-16-9-7-14(4,18)13(2,3)11-16/h6,8,18H,5,7,9-11H2,1-4H3/t14-/m1/s1. The third kappa shape index (κ3) is 2.59. The molecule has 0 aliphatic carbocycles. The molecule has 0 radical (unpaired) electrons. The van der Waals surface area contributed by atoms with Gasteiger partial charge < -0.3 is 5.11 Å². The lowest BCUT2D eigenvalue weighted by Crippen LogP contribution is -2.55. The summed E-state index contributed by atoms with van der Waals surface area (Å²) in [6, 6.07) is 2.09. The fourth-order valence-corrected chi connectivity index (χ4v) is 2.55. The van der Waals surface area contributed by atoms with E-state index in [0.717, 1.165) is 38.3 Å². The highest BCUT2D eigenvalue weighted by atomic mass is 16.3. The number of rotatable bonds is 3. The average Bonchev–Trinajstić information content (AvgIpc) is 2.71. The van der Waals surface area contributed by atoms with Crippen molar-refractivity contribution in [3.63, 3.8) is 0 Å². The topological polar surface area (TPSA) is 41.3 Å². The van der Waals surface area contributed by atoms with Gasteiger partial charge in [0.1, 0.15) is 0 Å². The number of hydrogen-bond donors (Lipinski definition) is 1. The van der Waals surface area contributed by atoms with Crippen LogP contribution >= 0.6 is 0 Å². The van der Waals surface area contributed by atoms with Gasteiger partial charge in [0.05, 0.1) is 11.3 Å². The van der Waals surface area contributed by atoms with Crippen LogP contribution in [0.1, 0.15) is 39.8 Å². The maximum absolute atomic E-state index is 10.4. The predicted octanol–water partition coefficient (Wildman–Crippen LogP) is 1.89. The van der Waals surface area contributed by atoms with Crippen LogP contribution in [-0.4, -0.2) is 38.5 Å². The number of aliphatic hydroxyl groups is 1. The van der Waals surface area contributed by atoms with E-state index in [2.05, 4.69) is 36.8 Å². The number of nitrogens with zero attached hydrogens (tertiary/aromatic N) is 3. The number of likely N-dealkylation sites (tertiary alicyclic amines) is 1. The second kappa shape index (κ2) is 4.67. The Morgan fingerprint density at radius 1 is 1.39 bits per heavy atom. The smallest absolute Gasteiger partial charge is 0.0764 e. The van der Waals surface area contributed by atoms with E-state index in [1.165, 1.54) is 0 Å². The van der Waals surface area contributed by atoms with Crippen molar-refractivity contribution in [2.24, 2.45) is 5.41 Å². The zero-order chi connectivity index (χ0) is 13.4. The Balaban J connectivity index is 2.00. The van der Waals surface area contributed by atoms with Gasteiger partial charge in [-0.3, -0.25) is 9.58 Å². The van der Waals surface area contributed by atoms with Gasteiger partial charge in [0.15, 0.2) is 0 Å². The molecule has 1 saturated heterocycles. The van der Waals surface area contributed by atoms with Gasteiger partial charge in [-0.15, -0.1) is 0 Å². The first-order chi connectivity index (χ1) is 8.34. The van der Waals surface area contributed by atoms with Crippen LogP contribution in [0.15, 0.2) is 12.3 Å². The van der Waals surface area contributed by atoms with E-state index in [1.807, 2.05) is 17.8 Å². The van der Waals surface area contributed by atoms with E-state index < -0.39 is 5.60 Å². The van der Waals surface area contributed by atoms with Crippen molar-refractivity contribution < 1.29 is 5.11 Å². The fraction of sp³-hybridized carbons (Fsp3) is 0.786. The molecule has 4 nitrogen and oxygen atoms in total. The van der Waals surface area contributed by atoms with Crippen molar-refractivity contribution in [1.29, 1.82) is 0 Å². The number of aryl methyl sites for hydroxylation is 1. The summed E-state index contributed by atoms with van der Waals surface area (Å²) in [7, 11) is 0. The summed E-state index contributed by atoms with van der Waals surface area (Å²) < 4.78 is 1.96. The van der Waals surface area contributed by atoms with E-state index in [0.29, 0.717) is 0 Å². The summed E-state index contributed by atoms with van der Waals surface area (Å²) in [4.78, 5) is 2.39. The van der Waals surface area contributed by atoms with Gasteiger partial charge in [0.25, 0.3) is 0 Å². The summed E-state index contributed by atoms with van der Waals surface area (Å²) in [5.74, 6) is 0. The molecule has 1 N–H and O–H groups in total. The van der Waals surface area contributed by atoms with Crippen LogP contribution in [0, 0.1) is 5.41 Å². The minimum Gasteiger partial charge on any atom is -0.390 e. The molecule has 2 rings (SSSR count). The van der Waals surface area contributed by atoms with E-state index in [1.54, 1.807) is 0 Å². The average molecular weight is 251 g/mol. The Hall–Kier alpha value is -0.870. The van der Waals surface area contributed by atoms with Crippen LogP contribution in [0.3, 0.4) is 0 Å². The molecule has 0 spiro atoms. The van der Waals surface area contributed by atoms with Crippen molar-refractivity contribution in [2.75, 3.05) is 13.1 Å². The number of hydrogen-bond acceptors (Lipinski definition) is 3. The number of piperidine rings is 1. The van der Waals surface area contributed by atoms with E-state index in [4.69, 9.17) is 0 Å². The van der Waals surface area contributed by atoms with Crippen molar-refractivity contribution in [2.45, 2.75) is 52.8 Å². The highest BCUT2D eigenvalue weighted by molar-refractivity contribution is 5.02. The largest absolute Gasteiger partial charge is 0.390 e. The molecular weight excluding hydrogens is 226 g/mol. The molecule has 1 fully saturated rings. The van der Waals surface area contributed by atoms with Gasteiger partial charge in [-0.1, -0.05) is 13.8 Å². The summed E-state index contributed by atoms with van der Waals surface area (Å²) in [6.45, 7) is 12.0. The molecule has 0 saturated carbocycles. The van der Waals surface area contributed by atoms with Crippen LogP contribution in [0.5, 0.6) is 0 Å². The Labute approximate surface area is 110 Å². The normalized spacial score (nSPS) is 28.5. The van der Waals surface area contributed by atoms with Crippen molar-refractivity contribution >= 4 is 0 Å². The molecular formula is C14H25N3O. The molecule has 1 atom stereocenters. The molecule has 102 valence electrons. The third-order valence-electron chi connectivity index (χ3n) is 4.40. The molecule has 4 heteroatoms. The number of aromatic nitrogens is 2. The maximum atomic E-state index is 10.4. The summed E-state index contributed by atoms with van der Waals surface area (Å²) in [6.07, 6.45) is 2.86. The van der Waals surface area contributed by atoms with Crippen LogP contribution in [0.4, 0.5) is 0 Å². The quantitative estimate of drug-likeness (QED) is 0.892. The molecule has 2 heterocycles. The Morgan fingerprint density at radius 3 is 2.67 bits per heavy atom. The molecule has 1 aromatic heterocycles. The molecule has 1 aliphatic heterocycles. The Bertz CT molecular complexity index is 409. The van der Waals surface area contributed by atoms with Crippen molar-refractivity contribution in [1.82, 2.24) is 14.7 Å². The fourth-order valence-electron chi connectivity index (χ4n) is 2.55. The van der Waals surface area contributed by atoms with Gasteiger partial charge in [0.2, 0.25) is 0 Å². The van der Waals surface area contributed by atoms with Crippen molar-refractivity contribution in [3.8, 4) is 0 Å². The van der Waals surface area contributed by atoms with Gasteiger partial charge in [-0.2, -0.15) is 5.10 Å². The third-order valence-corrected chi connectivity index (χ3v) is 4.40. The van der Waals surface area contributed by atoms with E-state index >= 15 is 0 Å². The van der Waals surface area contributed by atoms with Crippen LogP contribution in [-0.2, 0) is 13.1 Å². The molecule has 0 bridgehead atoms. The highest BCUT2D eigenvalue weighted by Crippen LogP contribution is 2.38. The lowest BCUT2D eigenvalue weighted by Gasteiger charge is -2.48. The zero-order valence-corrected chi connectivity index (χ0v) is 12.0. The first-order valence-electron chi connectivity index (χ1n) is 6.81. The van der Waals surface area contributed by atoms with E-state index in [-0.39, 0.29) is 5.41 Å². The lowest BCUT2D eigenvalue weighted by atomic mass is 9.71. The van der Waals surface area contributed by atoms with Crippen LogP contribution in [0.25, 0.3) is 0 Å². The van der Waals surface area contributed by atoms with Gasteiger partial charge in [0, 0.05) is 37.8 Å². The maximum Gasteiger partial charge on any atom is 0.0764 e. The monoisotopic (exact) mass is 251 g/mol. The van der Waals surface area contributed by atoms with Crippen LogP contribution in [0.2, 0.25) is 0 Å². The first kappa shape index (κ1) is 13.6. The highest BCUT2D eigenvalue weighted by Gasteiger charge is 2.43. The minimum absolute atomic E-state index is 0.0709. The molecule has 18 heavy (non-hydrogen) atoms. The summed E-state index contributed by atoms with van der Waals surface area (Å²) in [5.41, 5.74) is 0.486. The zero-order valence-electron chi connectivity index (χ0n) is 12.0. The molecule has 0 aromatic carbocycles. The molecule has 0 unspecified atom stereocenters. The van der Waals surface area contributed by atoms with Gasteiger partial charge >= 0.3 is 0 Å². The van der Waals surface area contributed by atoms with Crippen molar-refractivity contribution in [3.05, 3.63) is 18.0 Å². The predicted molar refractivity (Wildman–Crippen MR) is 72.2 cm³/mol. The second-order valence-corrected chi connectivity index (χ2v) is 6.28. The van der Waals surface area contributed by atoms with Crippen LogP contribution < -0.4 is 0 Å². The molecule has 1 aromatic rings. The molecule has 1 aliphatic rings. The minimum atomic E-state index is -0.563. The summed E-state index contributed by atoms with van der Waals surface area (Å²) in [5, 5.41) is 14.9. The van der Waals surface area contributed by atoms with E-state index in [9.17, 15) is 5.11 Å². The first-order valence-corrected chi connectivity index (χ1v) is 6.81. The Kier molecular flexibility index (Phi) is 3.52. The van der Waals surface area contributed by atoms with Gasteiger partial charge in [-0.25, -0.2) is 0 Å². The molecule has 0 amide bonds. The lowest BCUT2D eigenvalue weighted by molar-refractivity contribution is -0.107. The van der Waals surface area contributed by atoms with Gasteiger partial charge in [-0.05, 0) is 26.3 Å². The second-order valence-electron chi connectivity index (χ2n) is 6.28. The SMILES string of the molecule is CCn1ccc(CN2CC[C@@](C)(O)C(C)(C)C2)n1. The Morgan fingerprint density at radius 2 is 2.11 bits per heavy atom. The summed E-state index contributed by atoms with van der Waals surface area (Å²) >= 11 is 0.